The summed E-state index contributed by atoms with van der Waals surface area (Å²) in [5.41, 5.74) is 3.03. The number of esters is 1. The van der Waals surface area contributed by atoms with Gasteiger partial charge in [-0.05, 0) is 73.9 Å². The van der Waals surface area contributed by atoms with E-state index in [1.54, 1.807) is 24.5 Å². The Hall–Kier alpha value is -5.15. The van der Waals surface area contributed by atoms with Crippen molar-refractivity contribution in [3.8, 4) is 17.2 Å². The smallest absolute Gasteiger partial charge is 0.338 e. The monoisotopic (exact) mass is 648 g/mol. The van der Waals surface area contributed by atoms with Gasteiger partial charge in [0.05, 0.1) is 41.7 Å². The Balaban J connectivity index is 1.43. The fourth-order valence-corrected chi connectivity index (χ4v) is 6.83. The molecule has 0 amide bonds. The van der Waals surface area contributed by atoms with Crippen LogP contribution in [0.3, 0.4) is 0 Å². The summed E-state index contributed by atoms with van der Waals surface area (Å²) >= 11 is 1.27. The van der Waals surface area contributed by atoms with E-state index in [1.807, 2.05) is 74.5 Å². The van der Waals surface area contributed by atoms with Crippen molar-refractivity contribution in [3.63, 3.8) is 0 Å². The first-order valence-electron chi connectivity index (χ1n) is 15.7. The van der Waals surface area contributed by atoms with Crippen molar-refractivity contribution in [2.45, 2.75) is 40.3 Å². The number of fused-ring (bicyclic) bond motifs is 2. The minimum atomic E-state index is -0.778. The molecule has 0 radical (unpaired) electrons. The van der Waals surface area contributed by atoms with Crippen LogP contribution in [0.15, 0.2) is 106 Å². The Morgan fingerprint density at radius 2 is 1.60 bits per heavy atom. The summed E-state index contributed by atoms with van der Waals surface area (Å²) in [5.74, 6) is 1.25. The zero-order valence-corrected chi connectivity index (χ0v) is 27.6. The molecule has 47 heavy (non-hydrogen) atoms. The molecule has 5 aromatic rings. The van der Waals surface area contributed by atoms with Crippen molar-refractivity contribution in [3.05, 3.63) is 133 Å². The lowest BCUT2D eigenvalue weighted by Gasteiger charge is -2.25. The number of para-hydroxylation sites is 1. The number of benzene rings is 4. The highest BCUT2D eigenvalue weighted by Gasteiger charge is 2.34. The molecule has 0 fully saturated rings. The molecule has 4 aromatic carbocycles. The third-order valence-electron chi connectivity index (χ3n) is 7.87. The van der Waals surface area contributed by atoms with Gasteiger partial charge in [0.1, 0.15) is 12.4 Å². The van der Waals surface area contributed by atoms with Crippen LogP contribution in [0.5, 0.6) is 17.2 Å². The van der Waals surface area contributed by atoms with Crippen LogP contribution in [0.25, 0.3) is 16.8 Å². The third-order valence-corrected chi connectivity index (χ3v) is 8.85. The van der Waals surface area contributed by atoms with Gasteiger partial charge in [0, 0.05) is 5.56 Å². The number of carbonyl (C=O) groups excluding carboxylic acids is 1. The van der Waals surface area contributed by atoms with Crippen LogP contribution in [0.2, 0.25) is 0 Å². The van der Waals surface area contributed by atoms with Gasteiger partial charge in [-0.25, -0.2) is 9.79 Å². The lowest BCUT2D eigenvalue weighted by Crippen LogP contribution is -2.40. The minimum absolute atomic E-state index is 0.190. The number of carbonyl (C=O) groups is 1. The summed E-state index contributed by atoms with van der Waals surface area (Å²) in [7, 11) is 0. The number of allylic oxidation sites excluding steroid dienone is 1. The van der Waals surface area contributed by atoms with Crippen LogP contribution in [0.1, 0.15) is 50.4 Å². The summed E-state index contributed by atoms with van der Waals surface area (Å²) in [6.07, 6.45) is 1.83. The first-order valence-corrected chi connectivity index (χ1v) is 16.5. The molecular weight excluding hydrogens is 612 g/mol. The van der Waals surface area contributed by atoms with E-state index in [9.17, 15) is 9.59 Å². The Bertz CT molecular complexity index is 2160. The van der Waals surface area contributed by atoms with Gasteiger partial charge in [0.15, 0.2) is 16.3 Å². The molecule has 1 atom stereocenters. The largest absolute Gasteiger partial charge is 0.490 e. The molecule has 0 saturated heterocycles. The molecule has 0 unspecified atom stereocenters. The zero-order valence-electron chi connectivity index (χ0n) is 26.8. The van der Waals surface area contributed by atoms with Crippen molar-refractivity contribution in [2.75, 3.05) is 19.8 Å². The number of ether oxygens (including phenoxy) is 4. The summed E-state index contributed by atoms with van der Waals surface area (Å²) in [6.45, 7) is 8.77. The maximum Gasteiger partial charge on any atom is 0.338 e. The van der Waals surface area contributed by atoms with Crippen LogP contribution in [0, 0.1) is 0 Å². The van der Waals surface area contributed by atoms with Crippen LogP contribution < -0.4 is 29.1 Å². The number of hydrogen-bond acceptors (Lipinski definition) is 8. The van der Waals surface area contributed by atoms with Crippen molar-refractivity contribution >= 4 is 34.2 Å². The van der Waals surface area contributed by atoms with Crippen molar-refractivity contribution < 1.29 is 23.7 Å². The Morgan fingerprint density at radius 1 is 0.851 bits per heavy atom. The second-order valence-electron chi connectivity index (χ2n) is 10.8. The van der Waals surface area contributed by atoms with Crippen LogP contribution >= 0.6 is 11.3 Å². The van der Waals surface area contributed by atoms with Crippen LogP contribution in [-0.2, 0) is 16.1 Å². The van der Waals surface area contributed by atoms with E-state index in [-0.39, 0.29) is 12.2 Å². The predicted molar refractivity (Wildman–Crippen MR) is 184 cm³/mol. The average molecular weight is 649 g/mol. The van der Waals surface area contributed by atoms with Gasteiger partial charge in [-0.2, -0.15) is 0 Å². The molecule has 0 saturated carbocycles. The van der Waals surface area contributed by atoms with Crippen LogP contribution in [-0.4, -0.2) is 30.4 Å². The fourth-order valence-electron chi connectivity index (χ4n) is 5.79. The number of thiazole rings is 1. The van der Waals surface area contributed by atoms with Gasteiger partial charge >= 0.3 is 5.97 Å². The van der Waals surface area contributed by atoms with E-state index in [0.29, 0.717) is 63.2 Å². The molecule has 8 nitrogen and oxygen atoms in total. The molecular formula is C38H36N2O6S. The number of hydrogen-bond donors (Lipinski definition) is 0. The Morgan fingerprint density at radius 3 is 2.40 bits per heavy atom. The Labute approximate surface area is 276 Å². The molecule has 0 aliphatic carbocycles. The lowest BCUT2D eigenvalue weighted by atomic mass is 9.95. The average Bonchev–Trinajstić information content (AvgIpc) is 3.38. The quantitative estimate of drug-likeness (QED) is 0.156. The normalized spacial score (nSPS) is 14.5. The standard InChI is InChI=1S/C38H36N2O6S/c1-5-43-31-20-19-27(21-32(31)44-6-2)35-34(37(42)45-7-3)24(4)39-38-40(35)36(41)33(47-38)22-26-14-9-11-18-30(26)46-23-28-16-12-15-25-13-8-10-17-29(25)28/h8-22,35H,5-7,23H2,1-4H3/b33-22-/t35-/m0/s1. The summed E-state index contributed by atoms with van der Waals surface area (Å²) < 4.78 is 25.5. The van der Waals surface area contributed by atoms with E-state index in [4.69, 9.17) is 23.9 Å². The van der Waals surface area contributed by atoms with Gasteiger partial charge < -0.3 is 18.9 Å². The maximum atomic E-state index is 14.3. The summed E-state index contributed by atoms with van der Waals surface area (Å²) in [4.78, 5) is 32.8. The van der Waals surface area contributed by atoms with Gasteiger partial charge in [-0.1, -0.05) is 78.1 Å². The second kappa shape index (κ2) is 14.1. The molecule has 1 aromatic heterocycles. The number of aromatic nitrogens is 1. The van der Waals surface area contributed by atoms with Crippen molar-refractivity contribution in [1.29, 1.82) is 0 Å². The first kappa shape index (κ1) is 31.8. The van der Waals surface area contributed by atoms with E-state index in [0.717, 1.165) is 21.9 Å². The highest BCUT2D eigenvalue weighted by Crippen LogP contribution is 2.36. The first-order chi connectivity index (χ1) is 22.9. The second-order valence-corrected chi connectivity index (χ2v) is 11.8. The topological polar surface area (TPSA) is 88.4 Å². The highest BCUT2D eigenvalue weighted by molar-refractivity contribution is 7.07. The molecule has 0 bridgehead atoms. The fraction of sp³-hybridized carbons (Fsp3) is 0.237. The molecule has 0 N–H and O–H groups in total. The van der Waals surface area contributed by atoms with Gasteiger partial charge in [0.2, 0.25) is 0 Å². The van der Waals surface area contributed by atoms with Crippen molar-refractivity contribution in [2.24, 2.45) is 4.99 Å². The van der Waals surface area contributed by atoms with Gasteiger partial charge in [-0.15, -0.1) is 0 Å². The summed E-state index contributed by atoms with van der Waals surface area (Å²) in [5, 5.41) is 2.28. The molecule has 2 heterocycles. The molecule has 6 rings (SSSR count). The third kappa shape index (κ3) is 6.44. The predicted octanol–water partition coefficient (Wildman–Crippen LogP) is 6.33. The number of nitrogens with zero attached hydrogens (tertiary/aromatic N) is 2. The molecule has 0 spiro atoms. The van der Waals surface area contributed by atoms with E-state index in [2.05, 4.69) is 24.3 Å². The molecule has 1 aliphatic rings. The maximum absolute atomic E-state index is 14.3. The van der Waals surface area contributed by atoms with E-state index in [1.165, 1.54) is 11.3 Å². The van der Waals surface area contributed by atoms with Crippen LogP contribution in [0.4, 0.5) is 0 Å². The van der Waals surface area contributed by atoms with Crippen molar-refractivity contribution in [1.82, 2.24) is 4.57 Å². The zero-order chi connectivity index (χ0) is 32.9. The molecule has 1 aliphatic heterocycles. The Kier molecular flexibility index (Phi) is 9.54. The minimum Gasteiger partial charge on any atom is -0.490 e. The SMILES string of the molecule is CCOC(=O)C1=C(C)N=c2s/c(=C\c3ccccc3OCc3cccc4ccccc34)c(=O)n2[C@H]1c1ccc(OCC)c(OCC)c1. The lowest BCUT2D eigenvalue weighted by molar-refractivity contribution is -0.139. The molecule has 240 valence electrons. The molecule has 9 heteroatoms. The van der Waals surface area contributed by atoms with Gasteiger partial charge in [-0.3, -0.25) is 9.36 Å². The highest BCUT2D eigenvalue weighted by atomic mass is 32.1. The van der Waals surface area contributed by atoms with Gasteiger partial charge in [0.25, 0.3) is 5.56 Å². The van der Waals surface area contributed by atoms with E-state index < -0.39 is 12.0 Å². The summed E-state index contributed by atoms with van der Waals surface area (Å²) in [6, 6.07) is 26.7. The number of rotatable bonds is 11. The van der Waals surface area contributed by atoms with E-state index >= 15 is 0 Å².